The zero-order valence-electron chi connectivity index (χ0n) is 11.8. The summed E-state index contributed by atoms with van der Waals surface area (Å²) in [5.41, 5.74) is 0.207. The van der Waals surface area contributed by atoms with Crippen LogP contribution in [0.15, 0.2) is 36.6 Å². The van der Waals surface area contributed by atoms with Crippen LogP contribution in [0.5, 0.6) is 5.75 Å². The summed E-state index contributed by atoms with van der Waals surface area (Å²) >= 11 is 1.95. The van der Waals surface area contributed by atoms with Crippen molar-refractivity contribution in [2.24, 2.45) is 0 Å². The van der Waals surface area contributed by atoms with Crippen molar-refractivity contribution in [3.63, 3.8) is 0 Å². The van der Waals surface area contributed by atoms with E-state index in [1.165, 1.54) is 33.2 Å². The van der Waals surface area contributed by atoms with Gasteiger partial charge in [0.1, 0.15) is 17.3 Å². The van der Waals surface area contributed by atoms with Crippen LogP contribution in [0.3, 0.4) is 0 Å². The van der Waals surface area contributed by atoms with E-state index < -0.39 is 15.6 Å². The molecule has 1 saturated heterocycles. The Hall–Kier alpha value is -1.78. The molecular formula is C13H9IN2O6S2. The van der Waals surface area contributed by atoms with Gasteiger partial charge in [-0.05, 0) is 33.3 Å². The number of hydrogen-bond acceptors (Lipinski definition) is 8. The lowest BCUT2D eigenvalue weighted by Crippen LogP contribution is -2.30. The molecule has 0 aliphatic carbocycles. The van der Waals surface area contributed by atoms with Crippen LogP contribution >= 0.6 is 30.1 Å². The molecule has 1 fully saturated rings. The van der Waals surface area contributed by atoms with Gasteiger partial charge >= 0.3 is 10.4 Å². The van der Waals surface area contributed by atoms with E-state index in [1.807, 2.05) is 21.2 Å². The van der Waals surface area contributed by atoms with Crippen molar-refractivity contribution in [1.82, 2.24) is 0 Å². The largest absolute Gasteiger partial charge is 0.500 e. The SMILES string of the molecule is N#C/C=C/OS(=O)(=O)Oc1cccc(N2C(=O)CC(SI)C2=O)c1. The topological polar surface area (TPSA) is 114 Å². The highest BCUT2D eigenvalue weighted by molar-refractivity contribution is 14.2. The molecule has 0 aromatic heterocycles. The van der Waals surface area contributed by atoms with Crippen LogP contribution < -0.4 is 9.08 Å². The molecule has 0 bridgehead atoms. The molecule has 11 heteroatoms. The molecule has 1 heterocycles. The minimum atomic E-state index is -4.42. The molecule has 0 radical (unpaired) electrons. The monoisotopic (exact) mass is 480 g/mol. The van der Waals surface area contributed by atoms with Crippen molar-refractivity contribution in [3.8, 4) is 11.8 Å². The summed E-state index contributed by atoms with van der Waals surface area (Å²) in [6.07, 6.45) is 1.56. The molecule has 1 aromatic rings. The standard InChI is InChI=1S/C13H9IN2O6S2/c14-23-11-8-12(17)16(13(11)18)9-3-1-4-10(7-9)22-24(19,20)21-6-2-5-15/h1-4,6-7,11H,8H2/b6-2+. The maximum atomic E-state index is 12.2. The highest BCUT2D eigenvalue weighted by atomic mass is 127. The van der Waals surface area contributed by atoms with E-state index in [0.717, 1.165) is 11.0 Å². The number of nitriles is 1. The van der Waals surface area contributed by atoms with Crippen molar-refractivity contribution < 1.29 is 26.4 Å². The molecule has 1 aliphatic rings. The van der Waals surface area contributed by atoms with Gasteiger partial charge < -0.3 is 8.37 Å². The summed E-state index contributed by atoms with van der Waals surface area (Å²) in [5.74, 6) is -0.876. The molecular weight excluding hydrogens is 471 g/mol. The second-order valence-corrected chi connectivity index (χ2v) is 7.81. The Labute approximate surface area is 154 Å². The molecule has 8 nitrogen and oxygen atoms in total. The fourth-order valence-electron chi connectivity index (χ4n) is 1.88. The molecule has 24 heavy (non-hydrogen) atoms. The van der Waals surface area contributed by atoms with E-state index in [9.17, 15) is 18.0 Å². The zero-order valence-corrected chi connectivity index (χ0v) is 15.6. The summed E-state index contributed by atoms with van der Waals surface area (Å²) in [5, 5.41) is 7.81. The first-order valence-corrected chi connectivity index (χ1v) is 11.0. The Morgan fingerprint density at radius 2 is 2.17 bits per heavy atom. The maximum absolute atomic E-state index is 12.2. The van der Waals surface area contributed by atoms with Gasteiger partial charge in [0.15, 0.2) is 0 Å². The third-order valence-electron chi connectivity index (χ3n) is 2.80. The van der Waals surface area contributed by atoms with Crippen molar-refractivity contribution >= 4 is 58.0 Å². The number of benzene rings is 1. The third kappa shape index (κ3) is 4.40. The lowest BCUT2D eigenvalue weighted by molar-refractivity contribution is -0.121. The normalized spacial score (nSPS) is 18.0. The van der Waals surface area contributed by atoms with E-state index in [1.54, 1.807) is 6.07 Å². The lowest BCUT2D eigenvalue weighted by atomic mass is 10.3. The summed E-state index contributed by atoms with van der Waals surface area (Å²) in [6.45, 7) is 0. The number of halogens is 1. The molecule has 2 rings (SSSR count). The summed E-state index contributed by atoms with van der Waals surface area (Å²) < 4.78 is 32.2. The lowest BCUT2D eigenvalue weighted by Gasteiger charge is -2.15. The second-order valence-electron chi connectivity index (χ2n) is 4.37. The summed E-state index contributed by atoms with van der Waals surface area (Å²) in [6, 6.07) is 7.06. The van der Waals surface area contributed by atoms with Crippen molar-refractivity contribution in [3.05, 3.63) is 36.6 Å². The Kier molecular flexibility index (Phi) is 6.08. The minimum Gasteiger partial charge on any atom is -0.360 e. The molecule has 126 valence electrons. The predicted octanol–water partition coefficient (Wildman–Crippen LogP) is 2.08. The van der Waals surface area contributed by atoms with Gasteiger partial charge in [-0.3, -0.25) is 9.59 Å². The Bertz CT molecular complexity index is 833. The quantitative estimate of drug-likeness (QED) is 0.263. The maximum Gasteiger partial charge on any atom is 0.500 e. The summed E-state index contributed by atoms with van der Waals surface area (Å²) in [7, 11) is -3.18. The number of amides is 2. The van der Waals surface area contributed by atoms with E-state index in [4.69, 9.17) is 9.44 Å². The van der Waals surface area contributed by atoms with Crippen LogP contribution in [0.2, 0.25) is 0 Å². The number of nitrogens with zero attached hydrogens (tertiary/aromatic N) is 2. The van der Waals surface area contributed by atoms with Gasteiger partial charge in [-0.1, -0.05) is 15.0 Å². The Morgan fingerprint density at radius 1 is 1.42 bits per heavy atom. The number of carbonyl (C=O) groups is 2. The Balaban J connectivity index is 2.21. The van der Waals surface area contributed by atoms with Crippen LogP contribution in [0, 0.1) is 11.3 Å². The van der Waals surface area contributed by atoms with Crippen LogP contribution in [0.1, 0.15) is 6.42 Å². The molecule has 0 spiro atoms. The average molecular weight is 480 g/mol. The molecule has 1 aromatic carbocycles. The first kappa shape index (κ1) is 18.6. The molecule has 0 saturated carbocycles. The molecule has 0 N–H and O–H groups in total. The van der Waals surface area contributed by atoms with E-state index in [0.29, 0.717) is 6.26 Å². The highest BCUT2D eigenvalue weighted by Gasteiger charge is 2.39. The highest BCUT2D eigenvalue weighted by Crippen LogP contribution is 2.34. The van der Waals surface area contributed by atoms with Crippen LogP contribution in [0.4, 0.5) is 5.69 Å². The van der Waals surface area contributed by atoms with Gasteiger partial charge in [-0.25, -0.2) is 4.90 Å². The molecule has 1 aliphatic heterocycles. The van der Waals surface area contributed by atoms with Crippen LogP contribution in [0.25, 0.3) is 0 Å². The number of hydrogen-bond donors (Lipinski definition) is 0. The van der Waals surface area contributed by atoms with Gasteiger partial charge in [0.05, 0.1) is 17.8 Å². The van der Waals surface area contributed by atoms with E-state index in [-0.39, 0.29) is 29.7 Å². The fraction of sp³-hybridized carbons (Fsp3) is 0.154. The average Bonchev–Trinajstić information content (AvgIpc) is 2.81. The van der Waals surface area contributed by atoms with Gasteiger partial charge in [-0.15, -0.1) is 8.42 Å². The van der Waals surface area contributed by atoms with Gasteiger partial charge in [0, 0.05) is 12.5 Å². The third-order valence-corrected chi connectivity index (χ3v) is 5.97. The van der Waals surface area contributed by atoms with Gasteiger partial charge in [0.25, 0.3) is 0 Å². The van der Waals surface area contributed by atoms with E-state index in [2.05, 4.69) is 4.18 Å². The first-order valence-electron chi connectivity index (χ1n) is 6.29. The van der Waals surface area contributed by atoms with Crippen LogP contribution in [-0.2, 0) is 24.2 Å². The minimum absolute atomic E-state index is 0.0812. The molecule has 1 unspecified atom stereocenters. The number of rotatable bonds is 6. The molecule has 2 amide bonds. The second kappa shape index (κ2) is 7.86. The van der Waals surface area contributed by atoms with Gasteiger partial charge in [-0.2, -0.15) is 5.26 Å². The van der Waals surface area contributed by atoms with Crippen LogP contribution in [-0.4, -0.2) is 25.5 Å². The Morgan fingerprint density at radius 3 is 2.79 bits per heavy atom. The fourth-order valence-corrected chi connectivity index (χ4v) is 4.03. The van der Waals surface area contributed by atoms with Crippen molar-refractivity contribution in [2.75, 3.05) is 4.90 Å². The summed E-state index contributed by atoms with van der Waals surface area (Å²) in [4.78, 5) is 25.2. The van der Waals surface area contributed by atoms with Gasteiger partial charge in [0.2, 0.25) is 11.8 Å². The first-order chi connectivity index (χ1) is 11.4. The van der Waals surface area contributed by atoms with E-state index >= 15 is 0 Å². The smallest absolute Gasteiger partial charge is 0.360 e. The van der Waals surface area contributed by atoms with Crippen molar-refractivity contribution in [1.29, 1.82) is 5.26 Å². The zero-order chi connectivity index (χ0) is 17.7. The number of anilines is 1. The number of carbonyl (C=O) groups excluding carboxylic acids is 2. The number of allylic oxidation sites excluding steroid dienone is 1. The predicted molar refractivity (Wildman–Crippen MR) is 94.3 cm³/mol. The van der Waals surface area contributed by atoms with Crippen molar-refractivity contribution in [2.45, 2.75) is 11.7 Å². The molecule has 1 atom stereocenters. The number of imide groups is 1.